The normalized spacial score (nSPS) is 19.0. The van der Waals surface area contributed by atoms with Crippen LogP contribution >= 0.6 is 0 Å². The second-order valence-corrected chi connectivity index (χ2v) is 7.69. The Kier molecular flexibility index (Phi) is 7.25. The van der Waals surface area contributed by atoms with Gasteiger partial charge in [0.05, 0.1) is 19.1 Å². The molecule has 2 amide bonds. The fourth-order valence-electron chi connectivity index (χ4n) is 3.70. The lowest BCUT2D eigenvalue weighted by Gasteiger charge is -2.34. The highest BCUT2D eigenvalue weighted by Gasteiger charge is 2.31. The summed E-state index contributed by atoms with van der Waals surface area (Å²) in [6, 6.07) is 17.6. The first-order valence-electron chi connectivity index (χ1n) is 9.97. The lowest BCUT2D eigenvalue weighted by Crippen LogP contribution is -2.49. The largest absolute Gasteiger partial charge is 0.481 e. The van der Waals surface area contributed by atoms with Crippen LogP contribution in [0, 0.1) is 11.8 Å². The monoisotopic (exact) mass is 396 g/mol. The zero-order valence-corrected chi connectivity index (χ0v) is 16.7. The van der Waals surface area contributed by atoms with Gasteiger partial charge in [0.25, 0.3) is 0 Å². The van der Waals surface area contributed by atoms with Crippen LogP contribution in [0.25, 0.3) is 0 Å². The van der Waals surface area contributed by atoms with E-state index in [2.05, 4.69) is 5.32 Å². The molecule has 29 heavy (non-hydrogen) atoms. The van der Waals surface area contributed by atoms with E-state index in [0.29, 0.717) is 32.7 Å². The SMILES string of the molecule is CC1CC(C(=O)O)CN(C(=O)NCc2ccccc2COCc2ccccc2)C1. The molecule has 6 nitrogen and oxygen atoms in total. The van der Waals surface area contributed by atoms with Crippen LogP contribution in [0.3, 0.4) is 0 Å². The fourth-order valence-corrected chi connectivity index (χ4v) is 3.70. The van der Waals surface area contributed by atoms with Crippen LogP contribution in [-0.2, 0) is 29.3 Å². The lowest BCUT2D eigenvalue weighted by molar-refractivity contribution is -0.143. The molecule has 2 aromatic rings. The number of carbonyl (C=O) groups is 2. The number of nitrogens with zero attached hydrogens (tertiary/aromatic N) is 1. The Morgan fingerprint density at radius 1 is 1.03 bits per heavy atom. The third-order valence-corrected chi connectivity index (χ3v) is 5.21. The summed E-state index contributed by atoms with van der Waals surface area (Å²) in [6.07, 6.45) is 0.612. The van der Waals surface area contributed by atoms with Crippen molar-refractivity contribution in [1.82, 2.24) is 10.2 Å². The predicted molar refractivity (Wildman–Crippen MR) is 110 cm³/mol. The molecule has 1 heterocycles. The van der Waals surface area contributed by atoms with E-state index in [1.807, 2.05) is 61.5 Å². The van der Waals surface area contributed by atoms with Gasteiger partial charge in [-0.2, -0.15) is 0 Å². The Morgan fingerprint density at radius 2 is 1.72 bits per heavy atom. The van der Waals surface area contributed by atoms with Crippen molar-refractivity contribution >= 4 is 12.0 Å². The van der Waals surface area contributed by atoms with E-state index in [-0.39, 0.29) is 18.5 Å². The first kappa shape index (κ1) is 20.9. The minimum atomic E-state index is -0.838. The van der Waals surface area contributed by atoms with Gasteiger partial charge in [0.2, 0.25) is 0 Å². The number of aliphatic carboxylic acids is 1. The summed E-state index contributed by atoms with van der Waals surface area (Å²) >= 11 is 0. The maximum absolute atomic E-state index is 12.6. The minimum Gasteiger partial charge on any atom is -0.481 e. The number of ether oxygens (including phenoxy) is 1. The topological polar surface area (TPSA) is 78.9 Å². The van der Waals surface area contributed by atoms with Crippen molar-refractivity contribution in [2.45, 2.75) is 33.1 Å². The van der Waals surface area contributed by atoms with E-state index in [1.165, 1.54) is 0 Å². The van der Waals surface area contributed by atoms with Crippen LogP contribution in [0.15, 0.2) is 54.6 Å². The van der Waals surface area contributed by atoms with Gasteiger partial charge in [-0.15, -0.1) is 0 Å². The first-order valence-corrected chi connectivity index (χ1v) is 9.97. The zero-order chi connectivity index (χ0) is 20.6. The second kappa shape index (κ2) is 10.1. The van der Waals surface area contributed by atoms with Gasteiger partial charge in [0, 0.05) is 19.6 Å². The molecule has 1 aliphatic rings. The van der Waals surface area contributed by atoms with Gasteiger partial charge < -0.3 is 20.1 Å². The minimum absolute atomic E-state index is 0.175. The Balaban J connectivity index is 1.53. The third kappa shape index (κ3) is 6.06. The summed E-state index contributed by atoms with van der Waals surface area (Å²) in [5.41, 5.74) is 3.14. The number of carboxylic acids is 1. The van der Waals surface area contributed by atoms with Gasteiger partial charge in [0.1, 0.15) is 0 Å². The Labute approximate surface area is 171 Å². The maximum Gasteiger partial charge on any atom is 0.317 e. The second-order valence-electron chi connectivity index (χ2n) is 7.69. The molecule has 1 saturated heterocycles. The van der Waals surface area contributed by atoms with Crippen LogP contribution in [0.2, 0.25) is 0 Å². The Bertz CT molecular complexity index is 825. The number of likely N-dealkylation sites (tertiary alicyclic amines) is 1. The summed E-state index contributed by atoms with van der Waals surface area (Å²) in [5.74, 6) is -1.16. The number of carbonyl (C=O) groups excluding carboxylic acids is 1. The number of carboxylic acid groups (broad SMARTS) is 1. The predicted octanol–water partition coefficient (Wildman–Crippen LogP) is 3.66. The van der Waals surface area contributed by atoms with Crippen molar-refractivity contribution in [3.8, 4) is 0 Å². The van der Waals surface area contributed by atoms with Gasteiger partial charge in [-0.25, -0.2) is 4.79 Å². The van der Waals surface area contributed by atoms with E-state index in [4.69, 9.17) is 4.74 Å². The molecule has 0 radical (unpaired) electrons. The molecule has 1 aliphatic heterocycles. The van der Waals surface area contributed by atoms with Crippen molar-refractivity contribution in [3.63, 3.8) is 0 Å². The molecule has 0 aliphatic carbocycles. The van der Waals surface area contributed by atoms with Crippen molar-refractivity contribution in [2.75, 3.05) is 13.1 Å². The van der Waals surface area contributed by atoms with Crippen molar-refractivity contribution in [3.05, 3.63) is 71.3 Å². The summed E-state index contributed by atoms with van der Waals surface area (Å²) in [7, 11) is 0. The van der Waals surface area contributed by atoms with E-state index in [1.54, 1.807) is 4.90 Å². The van der Waals surface area contributed by atoms with Gasteiger partial charge in [-0.3, -0.25) is 4.79 Å². The summed E-state index contributed by atoms with van der Waals surface area (Å²) in [4.78, 5) is 25.5. The molecule has 154 valence electrons. The number of urea groups is 1. The summed E-state index contributed by atoms with van der Waals surface area (Å²) in [5, 5.41) is 12.2. The number of benzene rings is 2. The smallest absolute Gasteiger partial charge is 0.317 e. The zero-order valence-electron chi connectivity index (χ0n) is 16.7. The van der Waals surface area contributed by atoms with Gasteiger partial charge in [-0.1, -0.05) is 61.5 Å². The van der Waals surface area contributed by atoms with Gasteiger partial charge >= 0.3 is 12.0 Å². The molecule has 2 N–H and O–H groups in total. The molecule has 2 atom stereocenters. The standard InChI is InChI=1S/C23H28N2O4/c1-17-11-21(22(26)27)14-25(13-17)23(28)24-12-19-9-5-6-10-20(19)16-29-15-18-7-3-2-4-8-18/h2-10,17,21H,11-16H2,1H3,(H,24,28)(H,26,27). The highest BCUT2D eigenvalue weighted by atomic mass is 16.5. The molecule has 1 fully saturated rings. The number of hydrogen-bond acceptors (Lipinski definition) is 3. The molecule has 2 aromatic carbocycles. The highest BCUT2D eigenvalue weighted by Crippen LogP contribution is 2.22. The molecular formula is C23H28N2O4. The molecule has 0 bridgehead atoms. The highest BCUT2D eigenvalue weighted by molar-refractivity contribution is 5.76. The first-order chi connectivity index (χ1) is 14.0. The number of amides is 2. The lowest BCUT2D eigenvalue weighted by atomic mass is 9.91. The van der Waals surface area contributed by atoms with E-state index in [0.717, 1.165) is 16.7 Å². The molecule has 0 saturated carbocycles. The van der Waals surface area contributed by atoms with Crippen LogP contribution in [0.4, 0.5) is 4.79 Å². The maximum atomic E-state index is 12.6. The van der Waals surface area contributed by atoms with Crippen molar-refractivity contribution in [1.29, 1.82) is 0 Å². The number of nitrogens with one attached hydrogen (secondary N) is 1. The average molecular weight is 396 g/mol. The Hall–Kier alpha value is -2.86. The number of hydrogen-bond donors (Lipinski definition) is 2. The van der Waals surface area contributed by atoms with Crippen LogP contribution in [0.5, 0.6) is 0 Å². The quantitative estimate of drug-likeness (QED) is 0.749. The summed E-state index contributed by atoms with van der Waals surface area (Å²) in [6.45, 7) is 4.19. The van der Waals surface area contributed by atoms with Crippen molar-refractivity contribution < 1.29 is 19.4 Å². The molecule has 0 spiro atoms. The molecule has 0 aromatic heterocycles. The van der Waals surface area contributed by atoms with Crippen LogP contribution < -0.4 is 5.32 Å². The summed E-state index contributed by atoms with van der Waals surface area (Å²) < 4.78 is 5.84. The Morgan fingerprint density at radius 3 is 2.45 bits per heavy atom. The number of rotatable bonds is 7. The van der Waals surface area contributed by atoms with Gasteiger partial charge in [-0.05, 0) is 29.0 Å². The number of piperidine rings is 1. The third-order valence-electron chi connectivity index (χ3n) is 5.21. The molecule has 2 unspecified atom stereocenters. The van der Waals surface area contributed by atoms with E-state index >= 15 is 0 Å². The van der Waals surface area contributed by atoms with E-state index < -0.39 is 11.9 Å². The van der Waals surface area contributed by atoms with Crippen molar-refractivity contribution in [2.24, 2.45) is 11.8 Å². The van der Waals surface area contributed by atoms with Gasteiger partial charge in [0.15, 0.2) is 0 Å². The van der Waals surface area contributed by atoms with Crippen LogP contribution in [-0.4, -0.2) is 35.1 Å². The average Bonchev–Trinajstić information content (AvgIpc) is 2.73. The molecular weight excluding hydrogens is 368 g/mol. The van der Waals surface area contributed by atoms with Crippen LogP contribution in [0.1, 0.15) is 30.0 Å². The molecule has 6 heteroatoms. The molecule has 3 rings (SSSR count). The fraction of sp³-hybridized carbons (Fsp3) is 0.391. The van der Waals surface area contributed by atoms with E-state index in [9.17, 15) is 14.7 Å².